The maximum Gasteiger partial charge on any atom is 0.303 e. The third-order valence-electron chi connectivity index (χ3n) is 3.58. The van der Waals surface area contributed by atoms with Crippen molar-refractivity contribution in [3.63, 3.8) is 0 Å². The second-order valence-electron chi connectivity index (χ2n) is 5.74. The molecule has 1 atom stereocenters. The smallest absolute Gasteiger partial charge is 0.303 e. The summed E-state index contributed by atoms with van der Waals surface area (Å²) < 4.78 is 0. The molecule has 3 heteroatoms. The molecule has 1 aliphatic rings. The number of rotatable bonds is 5. The molecule has 1 rings (SSSR count). The van der Waals surface area contributed by atoms with Crippen LogP contribution in [0.25, 0.3) is 0 Å². The fourth-order valence-corrected chi connectivity index (χ4v) is 2.41. The molecule has 1 aliphatic carbocycles. The van der Waals surface area contributed by atoms with Crippen LogP contribution < -0.4 is 5.32 Å². The van der Waals surface area contributed by atoms with Crippen molar-refractivity contribution in [2.45, 2.75) is 64.8 Å². The molecule has 0 radical (unpaired) electrons. The standard InChI is InChI=1S/C13H25NO2/c1-13(2)8-3-5-11(7-9-13)14-10-4-6-12(15)16/h11,14H,3-10H2,1-2H3,(H,15,16). The van der Waals surface area contributed by atoms with Crippen LogP contribution in [0.15, 0.2) is 0 Å². The molecule has 0 amide bonds. The number of carboxylic acid groups (broad SMARTS) is 1. The molecule has 16 heavy (non-hydrogen) atoms. The molecule has 1 saturated carbocycles. The molecular weight excluding hydrogens is 202 g/mol. The van der Waals surface area contributed by atoms with Crippen molar-refractivity contribution in [2.75, 3.05) is 6.54 Å². The summed E-state index contributed by atoms with van der Waals surface area (Å²) in [4.78, 5) is 10.4. The van der Waals surface area contributed by atoms with Crippen molar-refractivity contribution < 1.29 is 9.90 Å². The van der Waals surface area contributed by atoms with E-state index in [1.165, 1.54) is 32.1 Å². The summed E-state index contributed by atoms with van der Waals surface area (Å²) in [6.07, 6.45) is 7.41. The summed E-state index contributed by atoms with van der Waals surface area (Å²) in [6.45, 7) is 5.54. The van der Waals surface area contributed by atoms with Gasteiger partial charge in [0.05, 0.1) is 0 Å². The Hall–Kier alpha value is -0.570. The fourth-order valence-electron chi connectivity index (χ4n) is 2.41. The maximum absolute atomic E-state index is 10.4. The third-order valence-corrected chi connectivity index (χ3v) is 3.58. The molecule has 0 saturated heterocycles. The Kier molecular flexibility index (Phi) is 5.26. The van der Waals surface area contributed by atoms with Gasteiger partial charge in [0.15, 0.2) is 0 Å². The first kappa shape index (κ1) is 13.5. The maximum atomic E-state index is 10.4. The number of hydrogen-bond acceptors (Lipinski definition) is 2. The highest BCUT2D eigenvalue weighted by atomic mass is 16.4. The molecule has 0 aliphatic heterocycles. The summed E-state index contributed by atoms with van der Waals surface area (Å²) in [6, 6.07) is 0.607. The van der Waals surface area contributed by atoms with Crippen LogP contribution in [0.3, 0.4) is 0 Å². The number of nitrogens with one attached hydrogen (secondary N) is 1. The van der Waals surface area contributed by atoms with Gasteiger partial charge >= 0.3 is 5.97 Å². The van der Waals surface area contributed by atoms with Crippen LogP contribution in [0.1, 0.15) is 58.8 Å². The van der Waals surface area contributed by atoms with Gasteiger partial charge in [-0.1, -0.05) is 20.3 Å². The zero-order chi connectivity index (χ0) is 12.0. The average Bonchev–Trinajstić information content (AvgIpc) is 2.34. The summed E-state index contributed by atoms with van der Waals surface area (Å²) in [5.74, 6) is -0.691. The Morgan fingerprint density at radius 1 is 1.38 bits per heavy atom. The van der Waals surface area contributed by atoms with Gasteiger partial charge in [-0.25, -0.2) is 0 Å². The number of hydrogen-bond donors (Lipinski definition) is 2. The Morgan fingerprint density at radius 2 is 2.12 bits per heavy atom. The van der Waals surface area contributed by atoms with E-state index in [1.54, 1.807) is 0 Å². The van der Waals surface area contributed by atoms with E-state index >= 15 is 0 Å². The molecule has 1 fully saturated rings. The van der Waals surface area contributed by atoms with Gasteiger partial charge in [-0.05, 0) is 44.1 Å². The molecule has 0 aromatic heterocycles. The lowest BCUT2D eigenvalue weighted by Crippen LogP contribution is -2.29. The van der Waals surface area contributed by atoms with Gasteiger partial charge in [0.1, 0.15) is 0 Å². The predicted octanol–water partition coefficient (Wildman–Crippen LogP) is 2.80. The van der Waals surface area contributed by atoms with Crippen molar-refractivity contribution in [1.29, 1.82) is 0 Å². The molecule has 0 heterocycles. The predicted molar refractivity (Wildman–Crippen MR) is 65.5 cm³/mol. The first-order valence-electron chi connectivity index (χ1n) is 6.45. The van der Waals surface area contributed by atoms with Crippen LogP contribution in [-0.4, -0.2) is 23.7 Å². The molecule has 1 unspecified atom stereocenters. The van der Waals surface area contributed by atoms with E-state index in [1.807, 2.05) is 0 Å². The lowest BCUT2D eigenvalue weighted by atomic mass is 9.85. The summed E-state index contributed by atoms with van der Waals surface area (Å²) in [5, 5.41) is 12.0. The van der Waals surface area contributed by atoms with Crippen molar-refractivity contribution in [1.82, 2.24) is 5.32 Å². The fraction of sp³-hybridized carbons (Fsp3) is 0.923. The Morgan fingerprint density at radius 3 is 2.81 bits per heavy atom. The van der Waals surface area contributed by atoms with Gasteiger partial charge in [0.2, 0.25) is 0 Å². The van der Waals surface area contributed by atoms with Gasteiger partial charge in [0.25, 0.3) is 0 Å². The molecule has 0 spiro atoms. The highest BCUT2D eigenvalue weighted by Gasteiger charge is 2.23. The van der Waals surface area contributed by atoms with E-state index in [-0.39, 0.29) is 6.42 Å². The van der Waals surface area contributed by atoms with Gasteiger partial charge < -0.3 is 10.4 Å². The molecule has 3 nitrogen and oxygen atoms in total. The lowest BCUT2D eigenvalue weighted by molar-refractivity contribution is -0.137. The van der Waals surface area contributed by atoms with E-state index in [2.05, 4.69) is 19.2 Å². The van der Waals surface area contributed by atoms with Crippen molar-refractivity contribution >= 4 is 5.97 Å². The first-order valence-corrected chi connectivity index (χ1v) is 6.45. The Balaban J connectivity index is 2.15. The van der Waals surface area contributed by atoms with Gasteiger partial charge in [-0.3, -0.25) is 4.79 Å². The Bertz CT molecular complexity index is 226. The van der Waals surface area contributed by atoms with E-state index < -0.39 is 5.97 Å². The van der Waals surface area contributed by atoms with Crippen molar-refractivity contribution in [2.24, 2.45) is 5.41 Å². The topological polar surface area (TPSA) is 49.3 Å². The quantitative estimate of drug-likeness (QED) is 0.561. The van der Waals surface area contributed by atoms with Crippen LogP contribution in [-0.2, 0) is 4.79 Å². The zero-order valence-electron chi connectivity index (χ0n) is 10.6. The minimum absolute atomic E-state index is 0.283. The normalized spacial score (nSPS) is 25.0. The molecule has 94 valence electrons. The van der Waals surface area contributed by atoms with Crippen molar-refractivity contribution in [3.8, 4) is 0 Å². The molecule has 2 N–H and O–H groups in total. The van der Waals surface area contributed by atoms with Gasteiger partial charge in [-0.2, -0.15) is 0 Å². The minimum Gasteiger partial charge on any atom is -0.481 e. The molecule has 0 bridgehead atoms. The highest BCUT2D eigenvalue weighted by molar-refractivity contribution is 5.66. The van der Waals surface area contributed by atoms with E-state index in [0.29, 0.717) is 11.5 Å². The van der Waals surface area contributed by atoms with Crippen LogP contribution in [0.4, 0.5) is 0 Å². The highest BCUT2D eigenvalue weighted by Crippen LogP contribution is 2.33. The largest absolute Gasteiger partial charge is 0.481 e. The minimum atomic E-state index is -0.691. The summed E-state index contributed by atoms with van der Waals surface area (Å²) >= 11 is 0. The van der Waals surface area contributed by atoms with Crippen LogP contribution in [0.2, 0.25) is 0 Å². The zero-order valence-corrected chi connectivity index (χ0v) is 10.6. The number of carbonyl (C=O) groups is 1. The van der Waals surface area contributed by atoms with Crippen LogP contribution >= 0.6 is 0 Å². The van der Waals surface area contributed by atoms with E-state index in [9.17, 15) is 4.79 Å². The second kappa shape index (κ2) is 6.24. The molecule has 0 aromatic carbocycles. The van der Waals surface area contributed by atoms with Crippen LogP contribution in [0, 0.1) is 5.41 Å². The van der Waals surface area contributed by atoms with Crippen LogP contribution in [0.5, 0.6) is 0 Å². The van der Waals surface area contributed by atoms with Gasteiger partial charge in [0, 0.05) is 12.5 Å². The number of aliphatic carboxylic acids is 1. The second-order valence-corrected chi connectivity index (χ2v) is 5.74. The lowest BCUT2D eigenvalue weighted by Gasteiger charge is -2.22. The third kappa shape index (κ3) is 5.50. The van der Waals surface area contributed by atoms with Crippen molar-refractivity contribution in [3.05, 3.63) is 0 Å². The van der Waals surface area contributed by atoms with Gasteiger partial charge in [-0.15, -0.1) is 0 Å². The summed E-state index contributed by atoms with van der Waals surface area (Å²) in [5.41, 5.74) is 0.498. The monoisotopic (exact) mass is 227 g/mol. The molecular formula is C13H25NO2. The first-order chi connectivity index (χ1) is 7.49. The number of carboxylic acids is 1. The molecule has 0 aromatic rings. The SMILES string of the molecule is CC1(C)CCCC(NCCCC(=O)O)CC1. The van der Waals surface area contributed by atoms with E-state index in [0.717, 1.165) is 13.0 Å². The summed E-state index contributed by atoms with van der Waals surface area (Å²) in [7, 11) is 0. The Labute approximate surface area is 98.6 Å². The van der Waals surface area contributed by atoms with E-state index in [4.69, 9.17) is 5.11 Å². The average molecular weight is 227 g/mol.